The topological polar surface area (TPSA) is 26.3 Å². The molecule has 0 saturated heterocycles. The lowest BCUT2D eigenvalue weighted by Gasteiger charge is -2.19. The minimum absolute atomic E-state index is 0.00855. The molecule has 0 aromatic heterocycles. The molecule has 0 atom stereocenters. The van der Waals surface area contributed by atoms with Gasteiger partial charge in [0.2, 0.25) is 0 Å². The predicted octanol–water partition coefficient (Wildman–Crippen LogP) is 4.39. The Labute approximate surface area is 123 Å². The van der Waals surface area contributed by atoms with Crippen LogP contribution in [0.3, 0.4) is 0 Å². The smallest absolute Gasteiger partial charge is 0.416 e. The van der Waals surface area contributed by atoms with E-state index in [4.69, 9.17) is 0 Å². The number of carbonyl (C=O) groups is 1. The number of alkyl halides is 6. The van der Waals surface area contributed by atoms with E-state index in [9.17, 15) is 31.1 Å². The Morgan fingerprint density at radius 1 is 1.05 bits per heavy atom. The summed E-state index contributed by atoms with van der Waals surface area (Å²) >= 11 is 0. The molecule has 0 aliphatic rings. The van der Waals surface area contributed by atoms with Gasteiger partial charge >= 0.3 is 18.3 Å². The summed E-state index contributed by atoms with van der Waals surface area (Å²) in [6, 6.07) is 0.651. The maximum Gasteiger partial charge on any atom is 0.416 e. The van der Waals surface area contributed by atoms with Gasteiger partial charge in [-0.1, -0.05) is 6.92 Å². The van der Waals surface area contributed by atoms with E-state index in [1.165, 1.54) is 13.8 Å². The van der Waals surface area contributed by atoms with Gasteiger partial charge in [0.1, 0.15) is 0 Å². The number of benzene rings is 1. The summed E-state index contributed by atoms with van der Waals surface area (Å²) in [5, 5.41) is 0. The molecule has 0 radical (unpaired) electrons. The highest BCUT2D eigenvalue weighted by molar-refractivity contribution is 5.73. The van der Waals surface area contributed by atoms with E-state index in [0.29, 0.717) is 6.07 Å². The molecule has 0 aliphatic carbocycles. The van der Waals surface area contributed by atoms with Crippen molar-refractivity contribution in [1.82, 2.24) is 0 Å². The molecular formula is C14H14F6O2. The number of ether oxygens (including phenoxy) is 1. The quantitative estimate of drug-likeness (QED) is 0.605. The van der Waals surface area contributed by atoms with Crippen molar-refractivity contribution in [2.24, 2.45) is 0 Å². The van der Waals surface area contributed by atoms with E-state index in [2.05, 4.69) is 4.74 Å². The van der Waals surface area contributed by atoms with Gasteiger partial charge in [-0.05, 0) is 36.6 Å². The lowest BCUT2D eigenvalue weighted by Crippen LogP contribution is -2.18. The van der Waals surface area contributed by atoms with Crippen molar-refractivity contribution in [2.75, 3.05) is 6.61 Å². The first-order valence-corrected chi connectivity index (χ1v) is 6.46. The van der Waals surface area contributed by atoms with Gasteiger partial charge in [-0.25, -0.2) is 0 Å². The standard InChI is InChI=1S/C14H14F6O2/c1-3-10-8(6-12(21)22-4-2)5-9(13(15,16)17)7-11(10)14(18,19)20/h5,7H,3-4,6H2,1-2H3. The molecule has 0 N–H and O–H groups in total. The monoisotopic (exact) mass is 328 g/mol. The number of carbonyl (C=O) groups excluding carboxylic acids is 1. The zero-order valence-corrected chi connectivity index (χ0v) is 11.9. The van der Waals surface area contributed by atoms with Gasteiger partial charge in [-0.3, -0.25) is 4.79 Å². The van der Waals surface area contributed by atoms with Crippen molar-refractivity contribution >= 4 is 5.97 Å². The fourth-order valence-corrected chi connectivity index (χ4v) is 2.09. The van der Waals surface area contributed by atoms with Crippen LogP contribution in [0.4, 0.5) is 26.3 Å². The summed E-state index contributed by atoms with van der Waals surface area (Å²) in [6.45, 7) is 2.86. The molecule has 0 amide bonds. The molecular weight excluding hydrogens is 314 g/mol. The van der Waals surface area contributed by atoms with Gasteiger partial charge in [0.15, 0.2) is 0 Å². The minimum atomic E-state index is -4.93. The Kier molecular flexibility index (Phi) is 5.48. The van der Waals surface area contributed by atoms with Crippen LogP contribution < -0.4 is 0 Å². The van der Waals surface area contributed by atoms with Crippen LogP contribution in [0, 0.1) is 0 Å². The summed E-state index contributed by atoms with van der Waals surface area (Å²) < 4.78 is 81.9. The van der Waals surface area contributed by atoms with Gasteiger partial charge in [-0.2, -0.15) is 26.3 Å². The molecule has 1 aromatic rings. The fourth-order valence-electron chi connectivity index (χ4n) is 2.09. The van der Waals surface area contributed by atoms with E-state index in [1.54, 1.807) is 0 Å². The van der Waals surface area contributed by atoms with Crippen molar-refractivity contribution in [3.05, 3.63) is 34.4 Å². The van der Waals surface area contributed by atoms with Gasteiger partial charge < -0.3 is 4.74 Å². The molecule has 2 nitrogen and oxygen atoms in total. The van der Waals surface area contributed by atoms with Gasteiger partial charge in [0.25, 0.3) is 0 Å². The van der Waals surface area contributed by atoms with Crippen LogP contribution >= 0.6 is 0 Å². The Balaban J connectivity index is 3.48. The second kappa shape index (κ2) is 6.58. The van der Waals surface area contributed by atoms with Crippen LogP contribution in [0.25, 0.3) is 0 Å². The minimum Gasteiger partial charge on any atom is -0.466 e. The van der Waals surface area contributed by atoms with Gasteiger partial charge in [-0.15, -0.1) is 0 Å². The second-order valence-electron chi connectivity index (χ2n) is 4.49. The van der Waals surface area contributed by atoms with E-state index in [0.717, 1.165) is 0 Å². The Hall–Kier alpha value is -1.73. The zero-order chi connectivity index (χ0) is 17.1. The first kappa shape index (κ1) is 18.3. The molecule has 0 unspecified atom stereocenters. The van der Waals surface area contributed by atoms with Crippen LogP contribution in [-0.2, 0) is 34.7 Å². The third-order valence-corrected chi connectivity index (χ3v) is 2.97. The zero-order valence-electron chi connectivity index (χ0n) is 11.9. The Bertz CT molecular complexity index is 545. The lowest BCUT2D eigenvalue weighted by atomic mass is 9.93. The third-order valence-electron chi connectivity index (χ3n) is 2.97. The molecule has 0 heterocycles. The van der Waals surface area contributed by atoms with Crippen molar-refractivity contribution < 1.29 is 35.9 Å². The maximum atomic E-state index is 13.0. The molecule has 1 aromatic carbocycles. The molecule has 0 bridgehead atoms. The summed E-state index contributed by atoms with van der Waals surface area (Å²) in [4.78, 5) is 11.4. The largest absolute Gasteiger partial charge is 0.466 e. The molecule has 124 valence electrons. The predicted molar refractivity (Wildman–Crippen MR) is 66.2 cm³/mol. The van der Waals surface area contributed by atoms with Crippen LogP contribution in [0.1, 0.15) is 36.1 Å². The van der Waals surface area contributed by atoms with Crippen LogP contribution in [-0.4, -0.2) is 12.6 Å². The van der Waals surface area contributed by atoms with E-state index < -0.39 is 35.9 Å². The van der Waals surface area contributed by atoms with Crippen molar-refractivity contribution in [3.8, 4) is 0 Å². The third kappa shape index (κ3) is 4.38. The first-order chi connectivity index (χ1) is 10.0. The van der Waals surface area contributed by atoms with Crippen LogP contribution in [0.15, 0.2) is 12.1 Å². The molecule has 0 aliphatic heterocycles. The van der Waals surface area contributed by atoms with E-state index in [1.807, 2.05) is 0 Å². The molecule has 8 heteroatoms. The van der Waals surface area contributed by atoms with E-state index >= 15 is 0 Å². The van der Waals surface area contributed by atoms with Crippen molar-refractivity contribution in [2.45, 2.75) is 39.0 Å². The molecule has 1 rings (SSSR count). The van der Waals surface area contributed by atoms with E-state index in [-0.39, 0.29) is 30.2 Å². The molecule has 0 spiro atoms. The van der Waals surface area contributed by atoms with Crippen LogP contribution in [0.2, 0.25) is 0 Å². The molecule has 0 fully saturated rings. The Morgan fingerprint density at radius 3 is 2.05 bits per heavy atom. The van der Waals surface area contributed by atoms with Crippen molar-refractivity contribution in [1.29, 1.82) is 0 Å². The summed E-state index contributed by atoms with van der Waals surface area (Å²) in [7, 11) is 0. The average Bonchev–Trinajstić information content (AvgIpc) is 2.35. The lowest BCUT2D eigenvalue weighted by molar-refractivity contribution is -0.145. The summed E-state index contributed by atoms with van der Waals surface area (Å²) in [6.07, 6.45) is -10.7. The average molecular weight is 328 g/mol. The summed E-state index contributed by atoms with van der Waals surface area (Å²) in [5.41, 5.74) is -3.45. The van der Waals surface area contributed by atoms with Gasteiger partial charge in [0.05, 0.1) is 24.2 Å². The summed E-state index contributed by atoms with van der Waals surface area (Å²) in [5.74, 6) is -0.871. The van der Waals surface area contributed by atoms with Crippen molar-refractivity contribution in [3.63, 3.8) is 0 Å². The number of hydrogen-bond acceptors (Lipinski definition) is 2. The highest BCUT2D eigenvalue weighted by Crippen LogP contribution is 2.39. The maximum absolute atomic E-state index is 13.0. The molecule has 0 saturated carbocycles. The number of hydrogen-bond donors (Lipinski definition) is 0. The normalized spacial score (nSPS) is 12.4. The molecule has 22 heavy (non-hydrogen) atoms. The SMILES string of the molecule is CCOC(=O)Cc1cc(C(F)(F)F)cc(C(F)(F)F)c1CC. The second-order valence-corrected chi connectivity index (χ2v) is 4.49. The number of esters is 1. The van der Waals surface area contributed by atoms with Gasteiger partial charge in [0, 0.05) is 0 Å². The fraction of sp³-hybridized carbons (Fsp3) is 0.500. The highest BCUT2D eigenvalue weighted by atomic mass is 19.4. The van der Waals surface area contributed by atoms with Crippen LogP contribution in [0.5, 0.6) is 0 Å². The number of rotatable bonds is 4. The Morgan fingerprint density at radius 2 is 1.64 bits per heavy atom. The highest BCUT2D eigenvalue weighted by Gasteiger charge is 2.39. The first-order valence-electron chi connectivity index (χ1n) is 6.46. The number of halogens is 6.